The highest BCUT2D eigenvalue weighted by Gasteiger charge is 2.33. The fourth-order valence-corrected chi connectivity index (χ4v) is 6.13. The number of anilines is 1. The number of nitrogens with one attached hydrogen (secondary N) is 1. The van der Waals surface area contributed by atoms with E-state index in [0.29, 0.717) is 32.7 Å². The quantitative estimate of drug-likeness (QED) is 0.305. The summed E-state index contributed by atoms with van der Waals surface area (Å²) < 4.78 is 28.9. The van der Waals surface area contributed by atoms with E-state index in [4.69, 9.17) is 34.8 Å². The molecule has 0 saturated heterocycles. The number of amides is 2. The van der Waals surface area contributed by atoms with Crippen molar-refractivity contribution in [1.29, 1.82) is 0 Å². The number of carbonyl (C=O) groups is 2. The zero-order valence-corrected chi connectivity index (χ0v) is 25.1. The average Bonchev–Trinajstić information content (AvgIpc) is 2.89. The number of aryl methyl sites for hydroxylation is 1. The Bertz CT molecular complexity index is 1440. The Morgan fingerprint density at radius 2 is 1.46 bits per heavy atom. The van der Waals surface area contributed by atoms with Gasteiger partial charge >= 0.3 is 0 Å². The summed E-state index contributed by atoms with van der Waals surface area (Å²) >= 11 is 19.1. The minimum atomic E-state index is -4.21. The molecular weight excluding hydrogens is 581 g/mol. The lowest BCUT2D eigenvalue weighted by molar-refractivity contribution is -0.139. The van der Waals surface area contributed by atoms with E-state index in [1.807, 2.05) is 6.92 Å². The van der Waals surface area contributed by atoms with Crippen LogP contribution in [-0.4, -0.2) is 44.3 Å². The summed E-state index contributed by atoms with van der Waals surface area (Å²) in [5.41, 5.74) is 2.06. The standard InChI is InChI=1S/C28H30Cl3N3O4S/c1-5-32-28(36)20(4)33(16-22-24(30)9-6-10-25(22)31)27(35)17-34(26-11-7-8-23(29)19(26)3)39(37,38)21-14-12-18(2)13-15-21/h6-15,20H,5,16-17H2,1-4H3,(H,32,36)/t20-/m0/s1. The van der Waals surface area contributed by atoms with Crippen LogP contribution in [0.4, 0.5) is 5.69 Å². The zero-order chi connectivity index (χ0) is 28.9. The fourth-order valence-electron chi connectivity index (χ4n) is 3.98. The summed E-state index contributed by atoms with van der Waals surface area (Å²) in [6.45, 7) is 6.51. The Balaban J connectivity index is 2.11. The van der Waals surface area contributed by atoms with E-state index < -0.39 is 34.4 Å². The first kappa shape index (κ1) is 30.8. The third-order valence-electron chi connectivity index (χ3n) is 6.30. The lowest BCUT2D eigenvalue weighted by Gasteiger charge is -2.32. The van der Waals surface area contributed by atoms with E-state index >= 15 is 0 Å². The highest BCUT2D eigenvalue weighted by Crippen LogP contribution is 2.32. The summed E-state index contributed by atoms with van der Waals surface area (Å²) in [7, 11) is -4.21. The van der Waals surface area contributed by atoms with Gasteiger partial charge in [0.1, 0.15) is 12.6 Å². The molecule has 208 valence electrons. The molecule has 11 heteroatoms. The molecule has 3 aromatic carbocycles. The summed E-state index contributed by atoms with van der Waals surface area (Å²) in [5.74, 6) is -1.03. The molecular formula is C28H30Cl3N3O4S. The third kappa shape index (κ3) is 7.06. The lowest BCUT2D eigenvalue weighted by Crippen LogP contribution is -2.51. The number of benzene rings is 3. The summed E-state index contributed by atoms with van der Waals surface area (Å²) in [5, 5.41) is 3.69. The number of rotatable bonds is 10. The predicted molar refractivity (Wildman–Crippen MR) is 157 cm³/mol. The predicted octanol–water partition coefficient (Wildman–Crippen LogP) is 6.01. The third-order valence-corrected chi connectivity index (χ3v) is 9.20. The number of carbonyl (C=O) groups excluding carboxylic acids is 2. The van der Waals surface area contributed by atoms with Crippen molar-refractivity contribution in [3.05, 3.63) is 92.4 Å². The van der Waals surface area contributed by atoms with Crippen LogP contribution in [0.5, 0.6) is 0 Å². The van der Waals surface area contributed by atoms with Gasteiger partial charge in [-0.15, -0.1) is 0 Å². The van der Waals surface area contributed by atoms with Gasteiger partial charge in [-0.25, -0.2) is 8.42 Å². The monoisotopic (exact) mass is 609 g/mol. The largest absolute Gasteiger partial charge is 0.355 e. The number of likely N-dealkylation sites (N-methyl/N-ethyl adjacent to an activating group) is 1. The van der Waals surface area contributed by atoms with Gasteiger partial charge in [-0.3, -0.25) is 13.9 Å². The second-order valence-corrected chi connectivity index (χ2v) is 12.1. The van der Waals surface area contributed by atoms with Gasteiger partial charge in [-0.1, -0.05) is 64.6 Å². The van der Waals surface area contributed by atoms with Gasteiger partial charge in [0.2, 0.25) is 11.8 Å². The molecule has 3 aromatic rings. The maximum absolute atomic E-state index is 14.0. The van der Waals surface area contributed by atoms with Gasteiger partial charge in [-0.2, -0.15) is 0 Å². The van der Waals surface area contributed by atoms with Crippen molar-refractivity contribution in [3.8, 4) is 0 Å². The van der Waals surface area contributed by atoms with Crippen molar-refractivity contribution in [2.75, 3.05) is 17.4 Å². The molecule has 0 unspecified atom stereocenters. The van der Waals surface area contributed by atoms with Crippen LogP contribution in [0.25, 0.3) is 0 Å². The molecule has 1 atom stereocenters. The van der Waals surface area contributed by atoms with Gasteiger partial charge < -0.3 is 10.2 Å². The minimum absolute atomic E-state index is 0.0118. The first-order chi connectivity index (χ1) is 18.4. The lowest BCUT2D eigenvalue weighted by atomic mass is 10.1. The van der Waals surface area contributed by atoms with E-state index in [2.05, 4.69) is 5.32 Å². The average molecular weight is 611 g/mol. The summed E-state index contributed by atoms with van der Waals surface area (Å²) in [4.78, 5) is 28.1. The molecule has 3 rings (SSSR count). The maximum Gasteiger partial charge on any atom is 0.264 e. The molecule has 39 heavy (non-hydrogen) atoms. The van der Waals surface area contributed by atoms with Gasteiger partial charge in [0, 0.05) is 33.7 Å². The second kappa shape index (κ2) is 13.0. The summed E-state index contributed by atoms with van der Waals surface area (Å²) in [6, 6.07) is 15.2. The van der Waals surface area contributed by atoms with Crippen LogP contribution in [0, 0.1) is 13.8 Å². The van der Waals surface area contributed by atoms with Gasteiger partial charge in [0.25, 0.3) is 10.0 Å². The zero-order valence-electron chi connectivity index (χ0n) is 22.0. The van der Waals surface area contributed by atoms with Crippen LogP contribution in [-0.2, 0) is 26.2 Å². The Morgan fingerprint density at radius 1 is 0.897 bits per heavy atom. The Hall–Kier alpha value is -2.78. The molecule has 1 N–H and O–H groups in total. The first-order valence-corrected chi connectivity index (χ1v) is 14.8. The Morgan fingerprint density at radius 3 is 2.05 bits per heavy atom. The van der Waals surface area contributed by atoms with Crippen LogP contribution < -0.4 is 9.62 Å². The van der Waals surface area contributed by atoms with Gasteiger partial charge in [0.05, 0.1) is 10.6 Å². The molecule has 0 aliphatic carbocycles. The van der Waals surface area contributed by atoms with Crippen molar-refractivity contribution in [2.45, 2.75) is 45.2 Å². The first-order valence-electron chi connectivity index (χ1n) is 12.2. The molecule has 7 nitrogen and oxygen atoms in total. The molecule has 2 amide bonds. The normalized spacial score (nSPS) is 12.1. The van der Waals surface area contributed by atoms with Crippen LogP contribution in [0.1, 0.15) is 30.5 Å². The SMILES string of the molecule is CCNC(=O)[C@H](C)N(Cc1c(Cl)cccc1Cl)C(=O)CN(c1cccc(Cl)c1C)S(=O)(=O)c1ccc(C)cc1. The molecule has 0 bridgehead atoms. The van der Waals surface area contributed by atoms with Crippen LogP contribution in [0.15, 0.2) is 65.6 Å². The van der Waals surface area contributed by atoms with Crippen molar-refractivity contribution < 1.29 is 18.0 Å². The Kier molecular flexibility index (Phi) is 10.3. The maximum atomic E-state index is 14.0. The van der Waals surface area contributed by atoms with E-state index in [1.54, 1.807) is 69.3 Å². The molecule has 0 fully saturated rings. The summed E-state index contributed by atoms with van der Waals surface area (Å²) in [6.07, 6.45) is 0. The highest BCUT2D eigenvalue weighted by molar-refractivity contribution is 7.92. The van der Waals surface area contributed by atoms with Crippen molar-refractivity contribution in [1.82, 2.24) is 10.2 Å². The molecule has 0 aliphatic heterocycles. The second-order valence-electron chi connectivity index (χ2n) is 9.00. The molecule has 0 aromatic heterocycles. The van der Waals surface area contributed by atoms with E-state index in [-0.39, 0.29) is 17.1 Å². The number of hydrogen-bond acceptors (Lipinski definition) is 4. The van der Waals surface area contributed by atoms with Gasteiger partial charge in [-0.05, 0) is 69.7 Å². The molecule has 0 aliphatic rings. The van der Waals surface area contributed by atoms with E-state index in [0.717, 1.165) is 9.87 Å². The van der Waals surface area contributed by atoms with Crippen LogP contribution >= 0.6 is 34.8 Å². The van der Waals surface area contributed by atoms with Crippen LogP contribution in [0.2, 0.25) is 15.1 Å². The van der Waals surface area contributed by atoms with E-state index in [1.165, 1.54) is 17.0 Å². The number of halogens is 3. The van der Waals surface area contributed by atoms with Crippen molar-refractivity contribution >= 4 is 62.3 Å². The molecule has 0 spiro atoms. The smallest absolute Gasteiger partial charge is 0.264 e. The number of sulfonamides is 1. The molecule has 0 heterocycles. The van der Waals surface area contributed by atoms with E-state index in [9.17, 15) is 18.0 Å². The number of hydrogen-bond donors (Lipinski definition) is 1. The molecule has 0 radical (unpaired) electrons. The molecule has 0 saturated carbocycles. The van der Waals surface area contributed by atoms with Crippen molar-refractivity contribution in [2.24, 2.45) is 0 Å². The highest BCUT2D eigenvalue weighted by atomic mass is 35.5. The topological polar surface area (TPSA) is 86.8 Å². The Labute approximate surface area is 244 Å². The van der Waals surface area contributed by atoms with Crippen molar-refractivity contribution in [3.63, 3.8) is 0 Å². The van der Waals surface area contributed by atoms with Gasteiger partial charge in [0.15, 0.2) is 0 Å². The fraction of sp³-hybridized carbons (Fsp3) is 0.286. The van der Waals surface area contributed by atoms with Crippen LogP contribution in [0.3, 0.4) is 0 Å². The minimum Gasteiger partial charge on any atom is -0.355 e. The number of nitrogens with zero attached hydrogens (tertiary/aromatic N) is 2.